The lowest BCUT2D eigenvalue weighted by atomic mass is 10.2. The zero-order chi connectivity index (χ0) is 15.5. The minimum atomic E-state index is -2.91. The van der Waals surface area contributed by atoms with E-state index in [0.717, 1.165) is 0 Å². The number of urea groups is 1. The minimum Gasteiger partial charge on any atom is -0.366 e. The van der Waals surface area contributed by atoms with E-state index in [0.29, 0.717) is 17.9 Å². The van der Waals surface area contributed by atoms with Gasteiger partial charge in [-0.15, -0.1) is 0 Å². The number of nitrogens with one attached hydrogen (secondary N) is 3. The summed E-state index contributed by atoms with van der Waals surface area (Å²) >= 11 is 0. The molecule has 0 radical (unpaired) electrons. The number of hydrogen-bond donors (Lipinski definition) is 3. The van der Waals surface area contributed by atoms with Crippen LogP contribution in [0.25, 0.3) is 0 Å². The highest BCUT2D eigenvalue weighted by Gasteiger charge is 2.27. The van der Waals surface area contributed by atoms with Crippen LogP contribution in [0.2, 0.25) is 0 Å². The largest absolute Gasteiger partial charge is 0.366 e. The molecule has 0 aromatic carbocycles. The van der Waals surface area contributed by atoms with Crippen LogP contribution in [0.4, 0.5) is 16.3 Å². The second-order valence-corrected chi connectivity index (χ2v) is 7.66. The molecule has 1 aromatic heterocycles. The van der Waals surface area contributed by atoms with Crippen LogP contribution in [0.1, 0.15) is 20.3 Å². The third-order valence-corrected chi connectivity index (χ3v) is 4.79. The summed E-state index contributed by atoms with van der Waals surface area (Å²) < 4.78 is 22.8. The first-order chi connectivity index (χ1) is 9.84. The van der Waals surface area contributed by atoms with E-state index in [9.17, 15) is 13.2 Å². The van der Waals surface area contributed by atoms with Crippen LogP contribution in [0.5, 0.6) is 0 Å². The molecule has 0 spiro atoms. The summed E-state index contributed by atoms with van der Waals surface area (Å²) in [5.41, 5.74) is 0.581. The lowest BCUT2D eigenvalue weighted by Crippen LogP contribution is -2.34. The van der Waals surface area contributed by atoms with E-state index >= 15 is 0 Å². The Hall–Kier alpha value is -1.83. The maximum Gasteiger partial charge on any atom is 0.319 e. The quantitative estimate of drug-likeness (QED) is 0.776. The molecule has 0 bridgehead atoms. The summed E-state index contributed by atoms with van der Waals surface area (Å²) in [4.78, 5) is 15.7. The predicted molar refractivity (Wildman–Crippen MR) is 82.2 cm³/mol. The lowest BCUT2D eigenvalue weighted by molar-refractivity contribution is 0.250. The summed E-state index contributed by atoms with van der Waals surface area (Å²) in [6, 6.07) is 3.12. The fourth-order valence-electron chi connectivity index (χ4n) is 2.10. The van der Waals surface area contributed by atoms with E-state index in [-0.39, 0.29) is 29.6 Å². The predicted octanol–water partition coefficient (Wildman–Crippen LogP) is 1.21. The Balaban J connectivity index is 1.89. The summed E-state index contributed by atoms with van der Waals surface area (Å²) in [5.74, 6) is 0.970. The van der Waals surface area contributed by atoms with Crippen LogP contribution in [0.3, 0.4) is 0 Å². The second kappa shape index (κ2) is 6.30. The zero-order valence-corrected chi connectivity index (χ0v) is 12.9. The van der Waals surface area contributed by atoms with E-state index in [2.05, 4.69) is 20.9 Å². The Morgan fingerprint density at radius 2 is 2.14 bits per heavy atom. The molecule has 0 aliphatic carbocycles. The van der Waals surface area contributed by atoms with E-state index in [1.54, 1.807) is 12.1 Å². The Morgan fingerprint density at radius 1 is 1.38 bits per heavy atom. The average Bonchev–Trinajstić information content (AvgIpc) is 2.70. The van der Waals surface area contributed by atoms with Crippen molar-refractivity contribution in [2.75, 3.05) is 22.1 Å². The number of carbonyl (C=O) groups is 1. The van der Waals surface area contributed by atoms with Crippen LogP contribution in [0.15, 0.2) is 18.3 Å². The second-order valence-electron chi connectivity index (χ2n) is 5.43. The van der Waals surface area contributed by atoms with Crippen molar-refractivity contribution in [2.24, 2.45) is 0 Å². The van der Waals surface area contributed by atoms with Crippen molar-refractivity contribution < 1.29 is 13.2 Å². The highest BCUT2D eigenvalue weighted by Crippen LogP contribution is 2.17. The maximum atomic E-state index is 11.5. The van der Waals surface area contributed by atoms with Gasteiger partial charge in [-0.1, -0.05) is 0 Å². The first kappa shape index (κ1) is 15.6. The fourth-order valence-corrected chi connectivity index (χ4v) is 3.77. The molecule has 7 nitrogen and oxygen atoms in total. The van der Waals surface area contributed by atoms with E-state index in [4.69, 9.17) is 0 Å². The molecule has 2 heterocycles. The molecular weight excluding hydrogens is 292 g/mol. The number of hydrogen-bond acceptors (Lipinski definition) is 5. The van der Waals surface area contributed by atoms with Gasteiger partial charge in [-0.2, -0.15) is 0 Å². The van der Waals surface area contributed by atoms with Gasteiger partial charge in [0, 0.05) is 12.1 Å². The lowest BCUT2D eigenvalue weighted by Gasteiger charge is -2.13. The van der Waals surface area contributed by atoms with Crippen LogP contribution < -0.4 is 16.0 Å². The summed E-state index contributed by atoms with van der Waals surface area (Å²) in [5, 5.41) is 8.48. The molecule has 21 heavy (non-hydrogen) atoms. The van der Waals surface area contributed by atoms with Crippen LogP contribution in [-0.2, 0) is 9.84 Å². The highest BCUT2D eigenvalue weighted by atomic mass is 32.2. The van der Waals surface area contributed by atoms with Crippen molar-refractivity contribution in [2.45, 2.75) is 32.4 Å². The van der Waals surface area contributed by atoms with E-state index < -0.39 is 9.84 Å². The molecule has 116 valence electrons. The maximum absolute atomic E-state index is 11.5. The smallest absolute Gasteiger partial charge is 0.319 e. The first-order valence-corrected chi connectivity index (χ1v) is 8.67. The molecule has 8 heteroatoms. The number of nitrogens with zero attached hydrogens (tertiary/aromatic N) is 1. The van der Waals surface area contributed by atoms with Crippen molar-refractivity contribution in [3.05, 3.63) is 18.3 Å². The van der Waals surface area contributed by atoms with Gasteiger partial charge in [0.1, 0.15) is 5.82 Å². The van der Waals surface area contributed by atoms with Gasteiger partial charge < -0.3 is 16.0 Å². The summed E-state index contributed by atoms with van der Waals surface area (Å²) in [6.45, 7) is 3.75. The number of carbonyl (C=O) groups excluding carboxylic acids is 1. The number of pyridine rings is 1. The highest BCUT2D eigenvalue weighted by molar-refractivity contribution is 7.91. The number of rotatable bonds is 4. The molecule has 3 N–H and O–H groups in total. The zero-order valence-electron chi connectivity index (χ0n) is 12.1. The molecule has 2 amide bonds. The Bertz CT molecular complexity index is 598. The normalized spacial score (nSPS) is 20.2. The van der Waals surface area contributed by atoms with Gasteiger partial charge in [0.2, 0.25) is 0 Å². The van der Waals surface area contributed by atoms with E-state index in [1.165, 1.54) is 6.20 Å². The number of aromatic nitrogens is 1. The third-order valence-electron chi connectivity index (χ3n) is 3.03. The number of amides is 2. The van der Waals surface area contributed by atoms with Crippen molar-refractivity contribution in [3.8, 4) is 0 Å². The molecule has 1 fully saturated rings. The molecule has 1 aromatic rings. The molecule has 2 rings (SSSR count). The molecular formula is C13H20N4O3S. The SMILES string of the molecule is CC(C)NC(=O)Nc1ccc(NC2CCS(=O)(=O)C2)nc1. The van der Waals surface area contributed by atoms with Crippen LogP contribution in [0, 0.1) is 0 Å². The Labute approximate surface area is 124 Å². The first-order valence-electron chi connectivity index (χ1n) is 6.84. The molecule has 1 unspecified atom stereocenters. The van der Waals surface area contributed by atoms with Gasteiger partial charge in [0.05, 0.1) is 23.4 Å². The summed E-state index contributed by atoms with van der Waals surface area (Å²) in [6.07, 6.45) is 2.13. The van der Waals surface area contributed by atoms with Gasteiger partial charge >= 0.3 is 6.03 Å². The average molecular weight is 312 g/mol. The van der Waals surface area contributed by atoms with Gasteiger partial charge in [-0.05, 0) is 32.4 Å². The van der Waals surface area contributed by atoms with Crippen LogP contribution >= 0.6 is 0 Å². The van der Waals surface area contributed by atoms with Gasteiger partial charge in [-0.25, -0.2) is 18.2 Å². The van der Waals surface area contributed by atoms with Crippen LogP contribution in [-0.4, -0.2) is 43.0 Å². The van der Waals surface area contributed by atoms with Gasteiger partial charge in [-0.3, -0.25) is 0 Å². The van der Waals surface area contributed by atoms with Crippen molar-refractivity contribution >= 4 is 27.4 Å². The molecule has 1 aliphatic heterocycles. The van der Waals surface area contributed by atoms with Crippen molar-refractivity contribution in [1.29, 1.82) is 0 Å². The van der Waals surface area contributed by atoms with Crippen molar-refractivity contribution in [3.63, 3.8) is 0 Å². The standard InChI is InChI=1S/C13H20N4O3S/c1-9(2)15-13(18)17-10-3-4-12(14-7-10)16-11-5-6-21(19,20)8-11/h3-4,7,9,11H,5-6,8H2,1-2H3,(H,14,16)(H2,15,17,18). The topological polar surface area (TPSA) is 100 Å². The molecule has 1 aliphatic rings. The number of sulfone groups is 1. The fraction of sp³-hybridized carbons (Fsp3) is 0.538. The van der Waals surface area contributed by atoms with Gasteiger partial charge in [0.25, 0.3) is 0 Å². The number of anilines is 2. The Morgan fingerprint density at radius 3 is 2.67 bits per heavy atom. The summed E-state index contributed by atoms with van der Waals surface area (Å²) in [7, 11) is -2.91. The van der Waals surface area contributed by atoms with Crippen molar-refractivity contribution in [1.82, 2.24) is 10.3 Å². The van der Waals surface area contributed by atoms with E-state index in [1.807, 2.05) is 13.8 Å². The minimum absolute atomic E-state index is 0.0585. The van der Waals surface area contributed by atoms with Gasteiger partial charge in [0.15, 0.2) is 9.84 Å². The third kappa shape index (κ3) is 4.89. The molecule has 1 saturated heterocycles. The Kier molecular flexibility index (Phi) is 4.66. The monoisotopic (exact) mass is 312 g/mol. The molecule has 0 saturated carbocycles. The molecule has 1 atom stereocenters.